The van der Waals surface area contributed by atoms with E-state index >= 15 is 0 Å². The Morgan fingerprint density at radius 1 is 1.13 bits per heavy atom. The molecule has 0 unspecified atom stereocenters. The van der Waals surface area contributed by atoms with Crippen LogP contribution in [0.1, 0.15) is 0 Å². The smallest absolute Gasteiger partial charge is 0.243 e. The molecular formula is C18H18ClN5O3S3. The largest absolute Gasteiger partial charge is 0.383 e. The average Bonchev–Trinajstić information content (AvgIpc) is 3.22. The summed E-state index contributed by atoms with van der Waals surface area (Å²) in [5.74, 6) is 0.481. The van der Waals surface area contributed by atoms with Gasteiger partial charge in [-0.15, -0.1) is 11.3 Å². The number of thioether (sulfide) groups is 1. The molecule has 4 rings (SSSR count). The predicted octanol–water partition coefficient (Wildman–Crippen LogP) is 2.55. The van der Waals surface area contributed by atoms with Crippen LogP contribution in [0, 0.1) is 0 Å². The molecule has 1 saturated heterocycles. The molecule has 0 atom stereocenters. The highest BCUT2D eigenvalue weighted by Crippen LogP contribution is 2.26. The maximum atomic E-state index is 12.8. The number of benzene rings is 1. The Morgan fingerprint density at radius 3 is 2.53 bits per heavy atom. The van der Waals surface area contributed by atoms with E-state index < -0.39 is 10.0 Å². The van der Waals surface area contributed by atoms with Gasteiger partial charge in [0.1, 0.15) is 10.6 Å². The van der Waals surface area contributed by atoms with Crippen molar-refractivity contribution in [2.45, 2.75) is 10.1 Å². The number of nitrogens with two attached hydrogens (primary N) is 1. The van der Waals surface area contributed by atoms with Gasteiger partial charge in [0.05, 0.1) is 16.0 Å². The van der Waals surface area contributed by atoms with Gasteiger partial charge in [0, 0.05) is 31.2 Å². The monoisotopic (exact) mass is 483 g/mol. The van der Waals surface area contributed by atoms with Gasteiger partial charge in [0.15, 0.2) is 5.16 Å². The van der Waals surface area contributed by atoms with Gasteiger partial charge >= 0.3 is 0 Å². The number of piperazine rings is 1. The second kappa shape index (κ2) is 8.67. The molecule has 3 aromatic rings. The second-order valence-corrected chi connectivity index (χ2v) is 10.8. The molecule has 3 heterocycles. The van der Waals surface area contributed by atoms with Crippen molar-refractivity contribution in [1.29, 1.82) is 0 Å². The minimum atomic E-state index is -3.60. The van der Waals surface area contributed by atoms with Crippen LogP contribution < -0.4 is 5.73 Å². The molecule has 2 aromatic heterocycles. The zero-order valence-corrected chi connectivity index (χ0v) is 18.9. The molecule has 1 aliphatic heterocycles. The average molecular weight is 484 g/mol. The maximum absolute atomic E-state index is 12.8. The van der Waals surface area contributed by atoms with E-state index in [0.29, 0.717) is 29.1 Å². The fourth-order valence-corrected chi connectivity index (χ4v) is 6.21. The summed E-state index contributed by atoms with van der Waals surface area (Å²) in [6, 6.07) is 7.94. The normalized spacial score (nSPS) is 15.6. The van der Waals surface area contributed by atoms with E-state index in [0.717, 1.165) is 10.2 Å². The Hall–Kier alpha value is -1.92. The van der Waals surface area contributed by atoms with E-state index in [4.69, 9.17) is 17.3 Å². The van der Waals surface area contributed by atoms with Crippen molar-refractivity contribution >= 4 is 66.7 Å². The number of anilines is 1. The highest BCUT2D eigenvalue weighted by Gasteiger charge is 2.30. The predicted molar refractivity (Wildman–Crippen MR) is 119 cm³/mol. The number of halogens is 1. The minimum Gasteiger partial charge on any atom is -0.383 e. The fourth-order valence-electron chi connectivity index (χ4n) is 3.07. The van der Waals surface area contributed by atoms with Crippen molar-refractivity contribution in [3.05, 3.63) is 40.7 Å². The summed E-state index contributed by atoms with van der Waals surface area (Å²) < 4.78 is 26.9. The third-order valence-electron chi connectivity index (χ3n) is 4.70. The lowest BCUT2D eigenvalue weighted by Crippen LogP contribution is -2.50. The summed E-state index contributed by atoms with van der Waals surface area (Å²) in [6.07, 6.45) is 0. The molecule has 1 amide bonds. The number of sulfonamides is 1. The molecular weight excluding hydrogens is 466 g/mol. The number of carbonyl (C=O) groups is 1. The Morgan fingerprint density at radius 2 is 1.83 bits per heavy atom. The first kappa shape index (κ1) is 21.3. The van der Waals surface area contributed by atoms with E-state index in [2.05, 4.69) is 9.97 Å². The van der Waals surface area contributed by atoms with E-state index in [1.807, 2.05) is 11.4 Å². The van der Waals surface area contributed by atoms with Crippen molar-refractivity contribution in [2.75, 3.05) is 37.7 Å². The van der Waals surface area contributed by atoms with Crippen molar-refractivity contribution in [3.8, 4) is 0 Å². The third-order valence-corrected chi connectivity index (χ3v) is 8.51. The van der Waals surface area contributed by atoms with Gasteiger partial charge in [-0.3, -0.25) is 4.79 Å². The van der Waals surface area contributed by atoms with Gasteiger partial charge in [-0.2, -0.15) is 4.31 Å². The number of thiophene rings is 1. The van der Waals surface area contributed by atoms with Crippen LogP contribution >= 0.6 is 34.7 Å². The maximum Gasteiger partial charge on any atom is 0.243 e. The van der Waals surface area contributed by atoms with Crippen LogP contribution in [0.5, 0.6) is 0 Å². The Labute approximate surface area is 187 Å². The fraction of sp³-hybridized carbons (Fsp3) is 0.278. The number of fused-ring (bicyclic) bond motifs is 1. The van der Waals surface area contributed by atoms with Crippen molar-refractivity contribution in [1.82, 2.24) is 19.2 Å². The minimum absolute atomic E-state index is 0.0861. The van der Waals surface area contributed by atoms with Gasteiger partial charge in [-0.1, -0.05) is 23.4 Å². The van der Waals surface area contributed by atoms with E-state index in [1.54, 1.807) is 17.0 Å². The van der Waals surface area contributed by atoms with Gasteiger partial charge < -0.3 is 10.6 Å². The van der Waals surface area contributed by atoms with Gasteiger partial charge in [-0.25, -0.2) is 18.4 Å². The van der Waals surface area contributed by atoms with Crippen LogP contribution in [-0.2, 0) is 14.8 Å². The molecule has 1 fully saturated rings. The molecule has 30 heavy (non-hydrogen) atoms. The number of nitrogen functional groups attached to an aromatic ring is 1. The van der Waals surface area contributed by atoms with E-state index in [9.17, 15) is 13.2 Å². The van der Waals surface area contributed by atoms with Gasteiger partial charge in [0.2, 0.25) is 15.9 Å². The quantitative estimate of drug-likeness (QED) is 0.438. The molecule has 0 radical (unpaired) electrons. The molecule has 12 heteroatoms. The summed E-state index contributed by atoms with van der Waals surface area (Å²) >= 11 is 8.53. The Kier molecular flexibility index (Phi) is 6.16. The number of hydrogen-bond donors (Lipinski definition) is 1. The first-order valence-electron chi connectivity index (χ1n) is 9.01. The highest BCUT2D eigenvalue weighted by atomic mass is 35.5. The summed E-state index contributed by atoms with van der Waals surface area (Å²) in [6.45, 7) is 1.15. The van der Waals surface area contributed by atoms with E-state index in [1.165, 1.54) is 39.5 Å². The van der Waals surface area contributed by atoms with Crippen LogP contribution in [0.25, 0.3) is 10.2 Å². The molecule has 0 bridgehead atoms. The Bertz CT molecular complexity index is 1180. The number of rotatable bonds is 5. The molecule has 0 aliphatic carbocycles. The number of amides is 1. The van der Waals surface area contributed by atoms with Crippen molar-refractivity contribution < 1.29 is 13.2 Å². The Balaban J connectivity index is 1.34. The number of carbonyl (C=O) groups excluding carboxylic acids is 1. The zero-order chi connectivity index (χ0) is 21.3. The molecule has 0 spiro atoms. The first-order chi connectivity index (χ1) is 14.3. The molecule has 1 aromatic carbocycles. The van der Waals surface area contributed by atoms with Gasteiger partial charge in [0.25, 0.3) is 0 Å². The lowest BCUT2D eigenvalue weighted by molar-refractivity contribution is -0.129. The third kappa shape index (κ3) is 4.40. The standard InChI is InChI=1S/C18H18ClN5O3S3/c19-12-1-3-13(4-2-12)30(26,27)24-8-6-23(7-9-24)15(25)11-29-18-21-16(20)14-5-10-28-17(14)22-18/h1-5,10H,6-9,11H2,(H2,20,21,22). The summed E-state index contributed by atoms with van der Waals surface area (Å²) in [5, 5.41) is 3.65. The molecule has 0 saturated carbocycles. The molecule has 8 nitrogen and oxygen atoms in total. The van der Waals surface area contributed by atoms with Crippen LogP contribution in [0.3, 0.4) is 0 Å². The highest BCUT2D eigenvalue weighted by molar-refractivity contribution is 7.99. The van der Waals surface area contributed by atoms with Crippen LogP contribution in [0.4, 0.5) is 5.82 Å². The summed E-state index contributed by atoms with van der Waals surface area (Å²) in [5.41, 5.74) is 5.94. The van der Waals surface area contributed by atoms with Crippen LogP contribution in [-0.4, -0.2) is 65.4 Å². The van der Waals surface area contributed by atoms with Crippen LogP contribution in [0.15, 0.2) is 45.8 Å². The van der Waals surface area contributed by atoms with E-state index in [-0.39, 0.29) is 29.6 Å². The lowest BCUT2D eigenvalue weighted by Gasteiger charge is -2.34. The van der Waals surface area contributed by atoms with Crippen molar-refractivity contribution in [3.63, 3.8) is 0 Å². The second-order valence-electron chi connectivity index (χ2n) is 6.56. The SMILES string of the molecule is Nc1nc(SCC(=O)N2CCN(S(=O)(=O)c3ccc(Cl)cc3)CC2)nc2sccc12. The van der Waals surface area contributed by atoms with Crippen molar-refractivity contribution in [2.24, 2.45) is 0 Å². The molecule has 1 aliphatic rings. The zero-order valence-electron chi connectivity index (χ0n) is 15.7. The number of nitrogens with zero attached hydrogens (tertiary/aromatic N) is 4. The first-order valence-corrected chi connectivity index (χ1v) is 12.7. The number of aromatic nitrogens is 2. The topological polar surface area (TPSA) is 109 Å². The summed E-state index contributed by atoms with van der Waals surface area (Å²) in [7, 11) is -3.60. The molecule has 2 N–H and O–H groups in total. The molecule has 158 valence electrons. The lowest BCUT2D eigenvalue weighted by atomic mass is 10.3. The number of hydrogen-bond acceptors (Lipinski definition) is 8. The van der Waals surface area contributed by atoms with Gasteiger partial charge in [-0.05, 0) is 35.7 Å². The summed E-state index contributed by atoms with van der Waals surface area (Å²) in [4.78, 5) is 23.9. The van der Waals surface area contributed by atoms with Crippen LogP contribution in [0.2, 0.25) is 5.02 Å².